The van der Waals surface area contributed by atoms with Gasteiger partial charge in [-0.3, -0.25) is 4.79 Å². The number of rotatable bonds is 1. The molecule has 0 bridgehead atoms. The molecular weight excluding hydrogens is 188 g/mol. The summed E-state index contributed by atoms with van der Waals surface area (Å²) in [5.74, 6) is 0.0902. The molecule has 2 rings (SSSR count). The minimum atomic E-state index is -0.0515. The van der Waals surface area contributed by atoms with Crippen molar-refractivity contribution >= 4 is 27.7 Å². The fraction of sp³-hybridized carbons (Fsp3) is 0. The summed E-state index contributed by atoms with van der Waals surface area (Å²) in [6.07, 6.45) is 0.591. The smallest absolute Gasteiger partial charge is 0.155 e. The van der Waals surface area contributed by atoms with Crippen LogP contribution in [-0.4, -0.2) is 16.5 Å². The van der Waals surface area contributed by atoms with Gasteiger partial charge in [0, 0.05) is 10.8 Å². The first-order valence-electron chi connectivity index (χ1n) is 3.61. The van der Waals surface area contributed by atoms with E-state index < -0.39 is 0 Å². The predicted octanol–water partition coefficient (Wildman–Crippen LogP) is 2.12. The van der Waals surface area contributed by atoms with Crippen molar-refractivity contribution in [3.05, 3.63) is 23.1 Å². The van der Waals surface area contributed by atoms with E-state index in [1.807, 2.05) is 0 Å². The second-order valence-electron chi connectivity index (χ2n) is 2.61. The minimum absolute atomic E-state index is 0.0515. The zero-order valence-corrected chi connectivity index (χ0v) is 7.34. The van der Waals surface area contributed by atoms with Crippen LogP contribution in [0.3, 0.4) is 0 Å². The molecule has 1 aromatic carbocycles. The van der Waals surface area contributed by atoms with Crippen LogP contribution in [0, 0.1) is 0 Å². The van der Waals surface area contributed by atoms with Gasteiger partial charge >= 0.3 is 0 Å². The van der Waals surface area contributed by atoms with E-state index in [1.165, 1.54) is 22.8 Å². The lowest BCUT2D eigenvalue weighted by Gasteiger charge is -1.97. The predicted molar refractivity (Wildman–Crippen MR) is 50.5 cm³/mol. The molecular formula is C9H6O3S. The number of thiophene rings is 1. The van der Waals surface area contributed by atoms with Crippen molar-refractivity contribution in [2.75, 3.05) is 0 Å². The molecule has 0 spiro atoms. The van der Waals surface area contributed by atoms with Gasteiger partial charge in [0.25, 0.3) is 0 Å². The number of fused-ring (bicyclic) bond motifs is 1. The van der Waals surface area contributed by atoms with Crippen LogP contribution < -0.4 is 0 Å². The van der Waals surface area contributed by atoms with E-state index in [0.717, 1.165) is 0 Å². The summed E-state index contributed by atoms with van der Waals surface area (Å²) < 4.78 is 0.618. The number of phenolic OH excluding ortho intramolecular Hbond substituents is 1. The van der Waals surface area contributed by atoms with Crippen molar-refractivity contribution in [2.45, 2.75) is 0 Å². The molecule has 0 aliphatic rings. The van der Waals surface area contributed by atoms with Gasteiger partial charge in [-0.2, -0.15) is 0 Å². The number of benzene rings is 1. The molecule has 3 nitrogen and oxygen atoms in total. The summed E-state index contributed by atoms with van der Waals surface area (Å²) in [6.45, 7) is 0. The monoisotopic (exact) mass is 194 g/mol. The average Bonchev–Trinajstić information content (AvgIpc) is 2.48. The Balaban J connectivity index is 2.92. The van der Waals surface area contributed by atoms with E-state index >= 15 is 0 Å². The van der Waals surface area contributed by atoms with E-state index in [9.17, 15) is 15.0 Å². The lowest BCUT2D eigenvalue weighted by atomic mass is 10.1. The summed E-state index contributed by atoms with van der Waals surface area (Å²) in [5.41, 5.74) is 0.239. The fourth-order valence-electron chi connectivity index (χ4n) is 1.21. The fourth-order valence-corrected chi connectivity index (χ4v) is 2.15. The van der Waals surface area contributed by atoms with Crippen LogP contribution in [0.25, 0.3) is 10.1 Å². The summed E-state index contributed by atoms with van der Waals surface area (Å²) in [5, 5.41) is 20.8. The molecule has 66 valence electrons. The molecule has 0 saturated carbocycles. The average molecular weight is 194 g/mol. The van der Waals surface area contributed by atoms with Crippen molar-refractivity contribution < 1.29 is 15.0 Å². The molecule has 2 aromatic rings. The second kappa shape index (κ2) is 2.74. The molecule has 0 aliphatic heterocycles. The van der Waals surface area contributed by atoms with Crippen molar-refractivity contribution in [3.8, 4) is 11.5 Å². The van der Waals surface area contributed by atoms with Gasteiger partial charge in [-0.15, -0.1) is 11.3 Å². The third-order valence-corrected chi connectivity index (χ3v) is 2.87. The molecule has 0 radical (unpaired) electrons. The topological polar surface area (TPSA) is 57.5 Å². The van der Waals surface area contributed by atoms with Crippen LogP contribution >= 0.6 is 11.3 Å². The van der Waals surface area contributed by atoms with Gasteiger partial charge in [-0.25, -0.2) is 0 Å². The Kier molecular flexibility index (Phi) is 1.70. The van der Waals surface area contributed by atoms with E-state index in [4.69, 9.17) is 0 Å². The minimum Gasteiger partial charge on any atom is -0.507 e. The molecule has 0 atom stereocenters. The molecule has 0 saturated heterocycles. The summed E-state index contributed by atoms with van der Waals surface area (Å²) in [4.78, 5) is 10.6. The lowest BCUT2D eigenvalue weighted by Crippen LogP contribution is -1.80. The summed E-state index contributed by atoms with van der Waals surface area (Å²) >= 11 is 1.24. The summed E-state index contributed by atoms with van der Waals surface area (Å²) in [6, 6.07) is 2.99. The first-order chi connectivity index (χ1) is 6.24. The van der Waals surface area contributed by atoms with Gasteiger partial charge in [0.15, 0.2) is 6.29 Å². The molecule has 0 amide bonds. The van der Waals surface area contributed by atoms with Crippen molar-refractivity contribution in [3.63, 3.8) is 0 Å². The van der Waals surface area contributed by atoms with E-state index in [1.54, 1.807) is 6.07 Å². The van der Waals surface area contributed by atoms with E-state index in [0.29, 0.717) is 16.4 Å². The Hall–Kier alpha value is -1.55. The highest BCUT2D eigenvalue weighted by molar-refractivity contribution is 7.18. The van der Waals surface area contributed by atoms with Crippen LogP contribution in [0.1, 0.15) is 10.4 Å². The Morgan fingerprint density at radius 2 is 2.00 bits per heavy atom. The van der Waals surface area contributed by atoms with E-state index in [2.05, 4.69) is 0 Å². The number of aromatic hydroxyl groups is 2. The number of phenols is 1. The molecule has 1 heterocycles. The van der Waals surface area contributed by atoms with Gasteiger partial charge in [-0.1, -0.05) is 0 Å². The van der Waals surface area contributed by atoms with Gasteiger partial charge in [0.2, 0.25) is 0 Å². The molecule has 0 fully saturated rings. The van der Waals surface area contributed by atoms with Crippen LogP contribution in [0.2, 0.25) is 0 Å². The van der Waals surface area contributed by atoms with Crippen LogP contribution in [-0.2, 0) is 0 Å². The standard InChI is InChI=1S/C9H6O3S/c10-3-6-7(11)2-1-5-8(12)4-13-9(5)6/h1-4,11-12H. The summed E-state index contributed by atoms with van der Waals surface area (Å²) in [7, 11) is 0. The van der Waals surface area contributed by atoms with Crippen LogP contribution in [0.15, 0.2) is 17.5 Å². The third kappa shape index (κ3) is 1.07. The first kappa shape index (κ1) is 8.07. The molecule has 4 heteroatoms. The zero-order valence-electron chi connectivity index (χ0n) is 6.52. The second-order valence-corrected chi connectivity index (χ2v) is 3.49. The zero-order chi connectivity index (χ0) is 9.42. The number of hydrogen-bond acceptors (Lipinski definition) is 4. The SMILES string of the molecule is O=Cc1c(O)ccc2c(O)csc12. The normalized spacial score (nSPS) is 10.5. The highest BCUT2D eigenvalue weighted by Gasteiger charge is 2.10. The third-order valence-electron chi connectivity index (χ3n) is 1.86. The first-order valence-corrected chi connectivity index (χ1v) is 4.49. The molecule has 0 unspecified atom stereocenters. The van der Waals surface area contributed by atoms with Crippen LogP contribution in [0.5, 0.6) is 11.5 Å². The molecule has 1 aromatic heterocycles. The number of aldehydes is 1. The highest BCUT2D eigenvalue weighted by Crippen LogP contribution is 2.36. The van der Waals surface area contributed by atoms with Gasteiger partial charge in [0.1, 0.15) is 11.5 Å². The highest BCUT2D eigenvalue weighted by atomic mass is 32.1. The quantitative estimate of drug-likeness (QED) is 0.683. The largest absolute Gasteiger partial charge is 0.507 e. The maximum Gasteiger partial charge on any atom is 0.155 e. The Morgan fingerprint density at radius 1 is 1.23 bits per heavy atom. The Bertz CT molecular complexity index is 473. The van der Waals surface area contributed by atoms with Gasteiger partial charge < -0.3 is 10.2 Å². The number of hydrogen-bond donors (Lipinski definition) is 2. The van der Waals surface area contributed by atoms with Crippen LogP contribution in [0.4, 0.5) is 0 Å². The maximum absolute atomic E-state index is 10.6. The molecule has 0 aliphatic carbocycles. The van der Waals surface area contributed by atoms with E-state index in [-0.39, 0.29) is 17.1 Å². The molecule has 13 heavy (non-hydrogen) atoms. The molecule has 2 N–H and O–H groups in total. The van der Waals surface area contributed by atoms with Crippen molar-refractivity contribution in [1.29, 1.82) is 0 Å². The van der Waals surface area contributed by atoms with Crippen molar-refractivity contribution in [2.24, 2.45) is 0 Å². The van der Waals surface area contributed by atoms with Crippen molar-refractivity contribution in [1.82, 2.24) is 0 Å². The Labute approximate surface area is 77.9 Å². The number of carbonyl (C=O) groups excluding carboxylic acids is 1. The van der Waals surface area contributed by atoms with Gasteiger partial charge in [-0.05, 0) is 12.1 Å². The maximum atomic E-state index is 10.6. The van der Waals surface area contributed by atoms with Gasteiger partial charge in [0.05, 0.1) is 10.3 Å². The Morgan fingerprint density at radius 3 is 2.69 bits per heavy atom. The lowest BCUT2D eigenvalue weighted by molar-refractivity contribution is 0.112. The number of carbonyl (C=O) groups is 1.